The zero-order valence-corrected chi connectivity index (χ0v) is 23.3. The van der Waals surface area contributed by atoms with Crippen LogP contribution in [0.3, 0.4) is 0 Å². The third kappa shape index (κ3) is 5.04. The number of benzene rings is 1. The predicted octanol–water partition coefficient (Wildman–Crippen LogP) is 5.71. The van der Waals surface area contributed by atoms with Gasteiger partial charge in [0.1, 0.15) is 25.9 Å². The maximum Gasteiger partial charge on any atom is 0.210 e. The van der Waals surface area contributed by atoms with Crippen LogP contribution in [0, 0.1) is 5.92 Å². The number of aromatic amines is 1. The van der Waals surface area contributed by atoms with Crippen molar-refractivity contribution < 1.29 is 14.2 Å². The Morgan fingerprint density at radius 3 is 2.15 bits per heavy atom. The Morgan fingerprint density at radius 1 is 0.941 bits per heavy atom. The quantitative estimate of drug-likeness (QED) is 0.438. The summed E-state index contributed by atoms with van der Waals surface area (Å²) < 4.78 is 17.7. The molecule has 2 atom stereocenters. The number of hydrogen-bond donors (Lipinski definition) is 1. The lowest BCUT2D eigenvalue weighted by Gasteiger charge is -2.31. The molecule has 0 fully saturated rings. The highest BCUT2D eigenvalue weighted by atomic mass is 28.3. The molecule has 0 amide bonds. The minimum atomic E-state index is -1.69. The molecule has 7 heteroatoms. The van der Waals surface area contributed by atoms with Gasteiger partial charge in [-0.05, 0) is 43.5 Å². The highest BCUT2D eigenvalue weighted by Crippen LogP contribution is 2.31. The van der Waals surface area contributed by atoms with E-state index in [2.05, 4.69) is 51.7 Å². The molecular formula is C27H43N3O3Si. The van der Waals surface area contributed by atoms with Gasteiger partial charge in [0.05, 0.1) is 20.3 Å². The lowest BCUT2D eigenvalue weighted by Crippen LogP contribution is -2.49. The molecule has 0 spiro atoms. The molecule has 0 radical (unpaired) electrons. The van der Waals surface area contributed by atoms with E-state index < -0.39 is 8.07 Å². The van der Waals surface area contributed by atoms with Crippen LogP contribution >= 0.6 is 0 Å². The molecule has 2 aromatic rings. The van der Waals surface area contributed by atoms with Gasteiger partial charge < -0.3 is 19.2 Å². The molecule has 0 saturated carbocycles. The molecule has 0 bridgehead atoms. The highest BCUT2D eigenvalue weighted by molar-refractivity contribution is 6.91. The number of rotatable bonds is 10. The van der Waals surface area contributed by atoms with E-state index in [4.69, 9.17) is 24.2 Å². The summed E-state index contributed by atoms with van der Waals surface area (Å²) in [4.78, 5) is 14.0. The molecule has 1 N–H and O–H groups in total. The molecule has 2 heterocycles. The van der Waals surface area contributed by atoms with Gasteiger partial charge in [-0.2, -0.15) is 0 Å². The maximum atomic E-state index is 6.08. The van der Waals surface area contributed by atoms with Crippen molar-refractivity contribution in [2.24, 2.45) is 15.9 Å². The van der Waals surface area contributed by atoms with Crippen LogP contribution in [0.1, 0.15) is 54.0 Å². The number of nitrogens with zero attached hydrogens (tertiary/aromatic N) is 2. The Hall–Kier alpha value is -2.28. The Morgan fingerprint density at radius 2 is 1.59 bits per heavy atom. The molecule has 3 rings (SSSR count). The van der Waals surface area contributed by atoms with Crippen molar-refractivity contribution in [3.05, 3.63) is 23.8 Å². The Labute approximate surface area is 206 Å². The number of aliphatic imine (C=N–C) groups is 2. The lowest BCUT2D eigenvalue weighted by atomic mass is 10.00. The molecular weight excluding hydrogens is 442 g/mol. The van der Waals surface area contributed by atoms with Crippen molar-refractivity contribution in [2.45, 2.75) is 85.1 Å². The molecule has 0 unspecified atom stereocenters. The van der Waals surface area contributed by atoms with E-state index in [1.165, 1.54) is 34.4 Å². The minimum Gasteiger partial charge on any atom is -0.497 e. The molecule has 1 aliphatic rings. The second kappa shape index (κ2) is 11.4. The first-order valence-corrected chi connectivity index (χ1v) is 15.6. The summed E-state index contributed by atoms with van der Waals surface area (Å²) in [6, 6.07) is 9.66. The fourth-order valence-electron chi connectivity index (χ4n) is 5.17. The van der Waals surface area contributed by atoms with Crippen molar-refractivity contribution in [3.8, 4) is 5.75 Å². The summed E-state index contributed by atoms with van der Waals surface area (Å²) in [5.41, 5.74) is 2.50. The molecule has 0 saturated heterocycles. The van der Waals surface area contributed by atoms with E-state index in [9.17, 15) is 0 Å². The van der Waals surface area contributed by atoms with Crippen molar-refractivity contribution in [2.75, 3.05) is 20.3 Å². The molecule has 1 aromatic carbocycles. The monoisotopic (exact) mass is 485 g/mol. The van der Waals surface area contributed by atoms with Gasteiger partial charge in [0, 0.05) is 22.6 Å². The van der Waals surface area contributed by atoms with E-state index in [0.717, 1.165) is 29.5 Å². The summed E-state index contributed by atoms with van der Waals surface area (Å²) in [7, 11) is 0.0313. The van der Waals surface area contributed by atoms with Crippen LogP contribution < -0.4 is 10.1 Å². The summed E-state index contributed by atoms with van der Waals surface area (Å²) in [5, 5.41) is 2.66. The van der Waals surface area contributed by atoms with E-state index in [1.807, 2.05) is 19.9 Å². The van der Waals surface area contributed by atoms with Crippen molar-refractivity contribution in [1.29, 1.82) is 0 Å². The second-order valence-corrected chi connectivity index (χ2v) is 14.6. The van der Waals surface area contributed by atoms with Crippen LogP contribution in [-0.4, -0.2) is 57.3 Å². The van der Waals surface area contributed by atoms with Crippen molar-refractivity contribution in [3.63, 3.8) is 0 Å². The molecule has 0 aliphatic carbocycles. The minimum absolute atomic E-state index is 0.101. The van der Waals surface area contributed by atoms with Crippen LogP contribution in [0.5, 0.6) is 5.75 Å². The first-order chi connectivity index (χ1) is 16.4. The van der Waals surface area contributed by atoms with Gasteiger partial charge in [-0.1, -0.05) is 52.8 Å². The highest BCUT2D eigenvalue weighted by Gasteiger charge is 2.37. The zero-order chi connectivity index (χ0) is 24.9. The largest absolute Gasteiger partial charge is 0.497 e. The van der Waals surface area contributed by atoms with Crippen molar-refractivity contribution >= 4 is 36.1 Å². The van der Waals surface area contributed by atoms with Crippen LogP contribution in [0.4, 0.5) is 0 Å². The average molecular weight is 486 g/mol. The summed E-state index contributed by atoms with van der Waals surface area (Å²) in [6.45, 7) is 16.5. The number of H-pyrrole nitrogens is 1. The van der Waals surface area contributed by atoms with E-state index >= 15 is 0 Å². The Balaban J connectivity index is 2.18. The maximum absolute atomic E-state index is 6.08. The first kappa shape index (κ1) is 26.3. The van der Waals surface area contributed by atoms with Crippen LogP contribution in [0.15, 0.2) is 28.2 Å². The number of aromatic nitrogens is 1. The summed E-state index contributed by atoms with van der Waals surface area (Å²) >= 11 is 0. The number of hydrogen-bond acceptors (Lipinski definition) is 5. The predicted molar refractivity (Wildman–Crippen MR) is 146 cm³/mol. The second-order valence-electron chi connectivity index (χ2n) is 9.44. The van der Waals surface area contributed by atoms with Crippen LogP contribution in [0.2, 0.25) is 18.1 Å². The number of methoxy groups -OCH3 is 1. The number of nitrogens with one attached hydrogen (secondary N) is 1. The van der Waals surface area contributed by atoms with Crippen LogP contribution in [0.25, 0.3) is 10.9 Å². The van der Waals surface area contributed by atoms with Gasteiger partial charge in [-0.25, -0.2) is 9.98 Å². The molecule has 6 nitrogen and oxygen atoms in total. The Kier molecular flexibility index (Phi) is 8.85. The Bertz CT molecular complexity index is 1020. The van der Waals surface area contributed by atoms with Gasteiger partial charge in [0.15, 0.2) is 0 Å². The smallest absolute Gasteiger partial charge is 0.210 e. The van der Waals surface area contributed by atoms with Crippen LogP contribution in [-0.2, 0) is 15.9 Å². The first-order valence-electron chi connectivity index (χ1n) is 13.0. The summed E-state index contributed by atoms with van der Waals surface area (Å²) in [6.07, 6.45) is 0.734. The van der Waals surface area contributed by atoms with E-state index in [-0.39, 0.29) is 18.0 Å². The number of fused-ring (bicyclic) bond motifs is 1. The molecule has 1 aliphatic heterocycles. The SMILES string of the molecule is CCOC1=N[C@H](Cc2c([Si](CC)(CC)CC)[nH]c3ccc(OC)cc23)C(OCC)=N[C@H]1C(C)C. The number of ether oxygens (including phenoxy) is 3. The van der Waals surface area contributed by atoms with Gasteiger partial charge in [0.25, 0.3) is 0 Å². The fourth-order valence-corrected chi connectivity index (χ4v) is 9.01. The van der Waals surface area contributed by atoms with Crippen molar-refractivity contribution in [1.82, 2.24) is 4.98 Å². The molecule has 1 aromatic heterocycles. The zero-order valence-electron chi connectivity index (χ0n) is 22.3. The lowest BCUT2D eigenvalue weighted by molar-refractivity contribution is 0.276. The van der Waals surface area contributed by atoms with Gasteiger partial charge >= 0.3 is 0 Å². The molecule has 34 heavy (non-hydrogen) atoms. The van der Waals surface area contributed by atoms with Gasteiger partial charge in [-0.3, -0.25) is 0 Å². The molecule has 188 valence electrons. The van der Waals surface area contributed by atoms with E-state index in [0.29, 0.717) is 13.2 Å². The standard InChI is InChI=1S/C27H43N3O3Si/c1-9-32-25-23(28-26(33-10-2)24(30-25)18(6)7)17-21-20-16-19(31-8)14-15-22(20)29-27(21)34(11-3,12-4)13-5/h14-16,18,23-24,29H,9-13,17H2,1-8H3/t23-,24+/m1/s1. The third-order valence-electron chi connectivity index (χ3n) is 7.37. The summed E-state index contributed by atoms with van der Waals surface area (Å²) in [5.74, 6) is 2.62. The normalized spacial score (nSPS) is 18.7. The topological polar surface area (TPSA) is 68.2 Å². The average Bonchev–Trinajstić information content (AvgIpc) is 3.20. The third-order valence-corrected chi connectivity index (χ3v) is 12.9. The van der Waals surface area contributed by atoms with E-state index in [1.54, 1.807) is 7.11 Å². The van der Waals surface area contributed by atoms with Gasteiger partial charge in [0.2, 0.25) is 11.8 Å². The fraction of sp³-hybridized carbons (Fsp3) is 0.630. The van der Waals surface area contributed by atoms with Gasteiger partial charge in [-0.15, -0.1) is 0 Å².